The van der Waals surface area contributed by atoms with E-state index in [1.807, 2.05) is 59.3 Å². The number of ether oxygens (including phenoxy) is 1. The Morgan fingerprint density at radius 2 is 2.03 bits per heavy atom. The number of benzene rings is 2. The summed E-state index contributed by atoms with van der Waals surface area (Å²) in [6, 6.07) is 17.7. The molecule has 160 valence electrons. The fraction of sp³-hybridized carbons (Fsp3) is 0.160. The molecule has 3 aromatic heterocycles. The number of methoxy groups -OCH3 is 1. The monoisotopic (exact) mass is 425 g/mol. The Kier molecular flexibility index (Phi) is 5.29. The minimum atomic E-state index is -0.188. The van der Waals surface area contributed by atoms with Crippen molar-refractivity contribution < 1.29 is 9.53 Å². The number of pyridine rings is 1. The molecule has 0 radical (unpaired) electrons. The molecule has 0 spiro atoms. The van der Waals surface area contributed by atoms with Crippen molar-refractivity contribution in [1.82, 2.24) is 24.8 Å². The van der Waals surface area contributed by atoms with E-state index in [0.29, 0.717) is 12.2 Å². The van der Waals surface area contributed by atoms with E-state index in [2.05, 4.69) is 21.4 Å². The van der Waals surface area contributed by atoms with Crippen molar-refractivity contribution in [2.75, 3.05) is 13.7 Å². The smallest absolute Gasteiger partial charge is 0.269 e. The van der Waals surface area contributed by atoms with Gasteiger partial charge in [0.05, 0.1) is 24.6 Å². The quantitative estimate of drug-likeness (QED) is 0.378. The van der Waals surface area contributed by atoms with Crippen molar-refractivity contribution >= 4 is 27.7 Å². The Morgan fingerprint density at radius 3 is 2.88 bits per heavy atom. The van der Waals surface area contributed by atoms with E-state index >= 15 is 0 Å². The summed E-state index contributed by atoms with van der Waals surface area (Å²) < 4.78 is 7.39. The third-order valence-corrected chi connectivity index (χ3v) is 5.51. The third kappa shape index (κ3) is 3.80. The number of aromatic nitrogens is 4. The molecule has 0 saturated carbocycles. The van der Waals surface area contributed by atoms with Crippen LogP contribution in [0.1, 0.15) is 16.9 Å². The first-order valence-electron chi connectivity index (χ1n) is 10.5. The number of nitrogens with one attached hydrogen (secondary N) is 2. The Labute approximate surface area is 185 Å². The number of aromatic amines is 1. The van der Waals surface area contributed by atoms with Crippen LogP contribution in [0.25, 0.3) is 33.1 Å². The van der Waals surface area contributed by atoms with Gasteiger partial charge in [-0.1, -0.05) is 30.3 Å². The SMILES string of the molecule is COc1cccc(-c2nc(C(=O)NCCCn3ccnc3)cc3c2[nH]c2ccccc23)c1. The van der Waals surface area contributed by atoms with E-state index in [9.17, 15) is 4.79 Å². The maximum atomic E-state index is 13.0. The van der Waals surface area contributed by atoms with E-state index < -0.39 is 0 Å². The minimum absolute atomic E-state index is 0.188. The zero-order chi connectivity index (χ0) is 21.9. The highest BCUT2D eigenvalue weighted by atomic mass is 16.5. The van der Waals surface area contributed by atoms with E-state index in [-0.39, 0.29) is 5.91 Å². The van der Waals surface area contributed by atoms with E-state index in [4.69, 9.17) is 9.72 Å². The van der Waals surface area contributed by atoms with Gasteiger partial charge in [0, 0.05) is 47.3 Å². The molecule has 3 heterocycles. The number of imidazole rings is 1. The Hall–Kier alpha value is -4.13. The van der Waals surface area contributed by atoms with Crippen LogP contribution < -0.4 is 10.1 Å². The standard InChI is InChI=1S/C25H23N5O2/c1-32-18-7-4-6-17(14-18)23-24-20(19-8-2-3-9-21(19)28-24)15-22(29-23)25(31)27-10-5-12-30-13-11-26-16-30/h2-4,6-9,11,13-16,28H,5,10,12H2,1H3,(H,27,31). The average Bonchev–Trinajstić information content (AvgIpc) is 3.49. The lowest BCUT2D eigenvalue weighted by molar-refractivity contribution is 0.0948. The van der Waals surface area contributed by atoms with Gasteiger partial charge in [0.15, 0.2) is 0 Å². The summed E-state index contributed by atoms with van der Waals surface area (Å²) in [6.07, 6.45) is 6.24. The van der Waals surface area contributed by atoms with Crippen molar-refractivity contribution in [2.24, 2.45) is 0 Å². The summed E-state index contributed by atoms with van der Waals surface area (Å²) in [5.74, 6) is 0.551. The van der Waals surface area contributed by atoms with Crippen molar-refractivity contribution in [3.63, 3.8) is 0 Å². The molecule has 7 heteroatoms. The minimum Gasteiger partial charge on any atom is -0.497 e. The van der Waals surface area contributed by atoms with Crippen molar-refractivity contribution in [1.29, 1.82) is 0 Å². The van der Waals surface area contributed by atoms with Crippen molar-refractivity contribution in [3.8, 4) is 17.0 Å². The number of aryl methyl sites for hydroxylation is 1. The molecule has 0 saturated heterocycles. The van der Waals surface area contributed by atoms with Crippen molar-refractivity contribution in [3.05, 3.63) is 79.0 Å². The highest BCUT2D eigenvalue weighted by Gasteiger charge is 2.17. The van der Waals surface area contributed by atoms with Crippen LogP contribution in [-0.4, -0.2) is 39.1 Å². The number of carbonyl (C=O) groups is 1. The van der Waals surface area contributed by atoms with Gasteiger partial charge in [-0.15, -0.1) is 0 Å². The number of nitrogens with zero attached hydrogens (tertiary/aromatic N) is 3. The van der Waals surface area contributed by atoms with Crippen LogP contribution in [0.4, 0.5) is 0 Å². The lowest BCUT2D eigenvalue weighted by atomic mass is 10.1. The topological polar surface area (TPSA) is 84.8 Å². The molecule has 1 amide bonds. The normalized spacial score (nSPS) is 11.2. The molecule has 5 rings (SSSR count). The number of fused-ring (bicyclic) bond motifs is 3. The van der Waals surface area contributed by atoms with Crippen LogP contribution in [0.5, 0.6) is 5.75 Å². The van der Waals surface area contributed by atoms with Gasteiger partial charge in [-0.25, -0.2) is 9.97 Å². The van der Waals surface area contributed by atoms with E-state index in [1.165, 1.54) is 0 Å². The average molecular weight is 425 g/mol. The van der Waals surface area contributed by atoms with Gasteiger partial charge in [0.1, 0.15) is 11.4 Å². The van der Waals surface area contributed by atoms with Gasteiger partial charge in [-0.05, 0) is 30.7 Å². The van der Waals surface area contributed by atoms with Gasteiger partial charge in [-0.2, -0.15) is 0 Å². The molecule has 2 aromatic carbocycles. The maximum Gasteiger partial charge on any atom is 0.269 e. The first-order chi connectivity index (χ1) is 15.7. The number of rotatable bonds is 7. The molecule has 0 atom stereocenters. The number of para-hydroxylation sites is 1. The van der Waals surface area contributed by atoms with Crippen LogP contribution in [0, 0.1) is 0 Å². The zero-order valence-corrected chi connectivity index (χ0v) is 17.7. The predicted octanol–water partition coefficient (Wildman–Crippen LogP) is 4.41. The number of amides is 1. The molecular formula is C25H23N5O2. The second kappa shape index (κ2) is 8.55. The van der Waals surface area contributed by atoms with Gasteiger partial charge in [-0.3, -0.25) is 4.79 Å². The number of carbonyl (C=O) groups excluding carboxylic acids is 1. The lowest BCUT2D eigenvalue weighted by Crippen LogP contribution is -2.26. The first-order valence-corrected chi connectivity index (χ1v) is 10.5. The van der Waals surface area contributed by atoms with Crippen LogP contribution >= 0.6 is 0 Å². The van der Waals surface area contributed by atoms with Crippen LogP contribution in [-0.2, 0) is 6.54 Å². The van der Waals surface area contributed by atoms with E-state index in [1.54, 1.807) is 19.6 Å². The fourth-order valence-electron chi connectivity index (χ4n) is 3.91. The molecule has 7 nitrogen and oxygen atoms in total. The van der Waals surface area contributed by atoms with Crippen molar-refractivity contribution in [2.45, 2.75) is 13.0 Å². The highest BCUT2D eigenvalue weighted by Crippen LogP contribution is 2.33. The van der Waals surface area contributed by atoms with Gasteiger partial charge in [0.2, 0.25) is 0 Å². The molecule has 5 aromatic rings. The van der Waals surface area contributed by atoms with Gasteiger partial charge in [0.25, 0.3) is 5.91 Å². The number of hydrogen-bond acceptors (Lipinski definition) is 4. The molecular weight excluding hydrogens is 402 g/mol. The second-order valence-corrected chi connectivity index (χ2v) is 7.59. The first kappa shape index (κ1) is 19.8. The summed E-state index contributed by atoms with van der Waals surface area (Å²) in [6.45, 7) is 1.35. The predicted molar refractivity (Wildman–Crippen MR) is 125 cm³/mol. The molecule has 0 aliphatic rings. The van der Waals surface area contributed by atoms with Crippen LogP contribution in [0.2, 0.25) is 0 Å². The molecule has 32 heavy (non-hydrogen) atoms. The lowest BCUT2D eigenvalue weighted by Gasteiger charge is -2.10. The Bertz CT molecular complexity index is 1390. The summed E-state index contributed by atoms with van der Waals surface area (Å²) in [5.41, 5.74) is 3.90. The summed E-state index contributed by atoms with van der Waals surface area (Å²) in [4.78, 5) is 25.3. The Morgan fingerprint density at radius 1 is 1.12 bits per heavy atom. The number of hydrogen-bond donors (Lipinski definition) is 2. The molecule has 0 unspecified atom stereocenters. The molecule has 0 fully saturated rings. The molecule has 2 N–H and O–H groups in total. The third-order valence-electron chi connectivity index (χ3n) is 5.51. The number of H-pyrrole nitrogens is 1. The van der Waals surface area contributed by atoms with E-state index in [0.717, 1.165) is 51.8 Å². The maximum absolute atomic E-state index is 13.0. The van der Waals surface area contributed by atoms with Crippen LogP contribution in [0.3, 0.4) is 0 Å². The van der Waals surface area contributed by atoms with Crippen LogP contribution in [0.15, 0.2) is 73.3 Å². The van der Waals surface area contributed by atoms with Gasteiger partial charge >= 0.3 is 0 Å². The fourth-order valence-corrected chi connectivity index (χ4v) is 3.91. The largest absolute Gasteiger partial charge is 0.497 e. The zero-order valence-electron chi connectivity index (χ0n) is 17.7. The van der Waals surface area contributed by atoms with Gasteiger partial charge < -0.3 is 19.6 Å². The molecule has 0 aliphatic carbocycles. The summed E-state index contributed by atoms with van der Waals surface area (Å²) in [7, 11) is 1.64. The molecule has 0 aliphatic heterocycles. The summed E-state index contributed by atoms with van der Waals surface area (Å²) >= 11 is 0. The highest BCUT2D eigenvalue weighted by molar-refractivity contribution is 6.13. The Balaban J connectivity index is 1.51. The molecule has 0 bridgehead atoms. The second-order valence-electron chi connectivity index (χ2n) is 7.59. The summed E-state index contributed by atoms with van der Waals surface area (Å²) in [5, 5.41) is 5.03.